The zero-order valence-corrected chi connectivity index (χ0v) is 11.7. The number of nitrogens with zero attached hydrogens (tertiary/aromatic N) is 1. The Balaban J connectivity index is 2.05. The van der Waals surface area contributed by atoms with Gasteiger partial charge in [-0.2, -0.15) is 0 Å². The Morgan fingerprint density at radius 2 is 1.89 bits per heavy atom. The van der Waals surface area contributed by atoms with Crippen LogP contribution in [0.1, 0.15) is 24.1 Å². The fraction of sp³-hybridized carbons (Fsp3) is 0.333. The molecule has 0 bridgehead atoms. The van der Waals surface area contributed by atoms with Crippen LogP contribution in [-0.2, 0) is 12.8 Å². The number of nitrogens with one attached hydrogen (secondary N) is 1. The number of hydrogen-bond acceptors (Lipinski definition) is 3. The van der Waals surface area contributed by atoms with Crippen molar-refractivity contribution in [2.75, 3.05) is 6.26 Å². The van der Waals surface area contributed by atoms with Crippen LogP contribution < -0.4 is 5.56 Å². The van der Waals surface area contributed by atoms with Crippen LogP contribution in [0.3, 0.4) is 0 Å². The van der Waals surface area contributed by atoms with Gasteiger partial charge in [0.2, 0.25) is 0 Å². The average molecular weight is 272 g/mol. The lowest BCUT2D eigenvalue weighted by Crippen LogP contribution is -2.21. The maximum absolute atomic E-state index is 12.1. The van der Waals surface area contributed by atoms with E-state index in [2.05, 4.69) is 22.1 Å². The van der Waals surface area contributed by atoms with Crippen molar-refractivity contribution in [3.05, 3.63) is 45.9 Å². The van der Waals surface area contributed by atoms with E-state index in [1.165, 1.54) is 4.90 Å². The standard InChI is InChI=1S/C15H16N2OS/c1-19-11-8-6-10(7-9-11)14-16-13-5-3-2-4-12(13)15(18)17-14/h6-9H,2-5H2,1H3,(H,16,17,18). The maximum Gasteiger partial charge on any atom is 0.254 e. The molecule has 0 unspecified atom stereocenters. The van der Waals surface area contributed by atoms with Crippen molar-refractivity contribution >= 4 is 11.8 Å². The van der Waals surface area contributed by atoms with Crippen molar-refractivity contribution in [1.29, 1.82) is 0 Å². The summed E-state index contributed by atoms with van der Waals surface area (Å²) in [5, 5.41) is 0. The second-order valence-corrected chi connectivity index (χ2v) is 5.66. The minimum atomic E-state index is 0.0358. The smallest absolute Gasteiger partial charge is 0.254 e. The number of thioether (sulfide) groups is 1. The van der Waals surface area contributed by atoms with Crippen molar-refractivity contribution in [2.24, 2.45) is 0 Å². The Morgan fingerprint density at radius 3 is 2.63 bits per heavy atom. The molecule has 98 valence electrons. The van der Waals surface area contributed by atoms with Crippen LogP contribution in [0.25, 0.3) is 11.4 Å². The van der Waals surface area contributed by atoms with E-state index in [9.17, 15) is 4.79 Å². The summed E-state index contributed by atoms with van der Waals surface area (Å²) in [7, 11) is 0. The van der Waals surface area contributed by atoms with Crippen molar-refractivity contribution in [1.82, 2.24) is 9.97 Å². The lowest BCUT2D eigenvalue weighted by Gasteiger charge is -2.14. The van der Waals surface area contributed by atoms with Gasteiger partial charge in [-0.25, -0.2) is 4.98 Å². The van der Waals surface area contributed by atoms with Crippen LogP contribution in [0.4, 0.5) is 0 Å². The topological polar surface area (TPSA) is 45.8 Å². The van der Waals surface area contributed by atoms with Gasteiger partial charge in [0.1, 0.15) is 5.82 Å². The van der Waals surface area contributed by atoms with Gasteiger partial charge in [-0.3, -0.25) is 4.79 Å². The molecule has 1 aliphatic rings. The zero-order valence-electron chi connectivity index (χ0n) is 10.9. The van der Waals surface area contributed by atoms with Gasteiger partial charge in [-0.1, -0.05) is 12.1 Å². The van der Waals surface area contributed by atoms with Crippen LogP contribution in [0, 0.1) is 0 Å². The molecule has 0 spiro atoms. The summed E-state index contributed by atoms with van der Waals surface area (Å²) in [4.78, 5) is 20.8. The summed E-state index contributed by atoms with van der Waals surface area (Å²) < 4.78 is 0. The number of benzene rings is 1. The highest BCUT2D eigenvalue weighted by atomic mass is 32.2. The molecule has 0 saturated carbocycles. The van der Waals surface area contributed by atoms with Gasteiger partial charge in [0.25, 0.3) is 5.56 Å². The fourth-order valence-corrected chi connectivity index (χ4v) is 2.90. The first-order valence-corrected chi connectivity index (χ1v) is 7.77. The van der Waals surface area contributed by atoms with Crippen LogP contribution in [-0.4, -0.2) is 16.2 Å². The molecule has 1 aromatic carbocycles. The Morgan fingerprint density at radius 1 is 1.16 bits per heavy atom. The molecule has 19 heavy (non-hydrogen) atoms. The molecule has 0 amide bonds. The molecule has 0 fully saturated rings. The summed E-state index contributed by atoms with van der Waals surface area (Å²) in [5.74, 6) is 0.693. The Hall–Kier alpha value is -1.55. The zero-order chi connectivity index (χ0) is 13.2. The van der Waals surface area contributed by atoms with E-state index in [-0.39, 0.29) is 5.56 Å². The molecular formula is C15H16N2OS. The van der Waals surface area contributed by atoms with Crippen molar-refractivity contribution in [2.45, 2.75) is 30.6 Å². The molecule has 1 heterocycles. The highest BCUT2D eigenvalue weighted by molar-refractivity contribution is 7.98. The number of rotatable bonds is 2. The van der Waals surface area contributed by atoms with Crippen molar-refractivity contribution < 1.29 is 0 Å². The molecule has 3 nitrogen and oxygen atoms in total. The van der Waals surface area contributed by atoms with E-state index < -0.39 is 0 Å². The van der Waals surface area contributed by atoms with E-state index in [4.69, 9.17) is 0 Å². The third-order valence-corrected chi connectivity index (χ3v) is 4.30. The molecule has 1 aromatic heterocycles. The van der Waals surface area contributed by atoms with Gasteiger partial charge in [0.05, 0.1) is 5.69 Å². The highest BCUT2D eigenvalue weighted by Crippen LogP contribution is 2.22. The minimum absolute atomic E-state index is 0.0358. The molecule has 1 aliphatic carbocycles. The predicted octanol–water partition coefficient (Wildman–Crippen LogP) is 3.04. The van der Waals surface area contributed by atoms with Gasteiger partial charge >= 0.3 is 0 Å². The first-order valence-electron chi connectivity index (χ1n) is 6.54. The van der Waals surface area contributed by atoms with Crippen LogP contribution in [0.15, 0.2) is 34.0 Å². The van der Waals surface area contributed by atoms with E-state index >= 15 is 0 Å². The largest absolute Gasteiger partial charge is 0.306 e. The number of aromatic amines is 1. The second-order valence-electron chi connectivity index (χ2n) is 4.78. The van der Waals surface area contributed by atoms with Crippen molar-refractivity contribution in [3.63, 3.8) is 0 Å². The van der Waals surface area contributed by atoms with Gasteiger partial charge in [0.15, 0.2) is 0 Å². The number of aryl methyl sites for hydroxylation is 1. The number of hydrogen-bond donors (Lipinski definition) is 1. The summed E-state index contributed by atoms with van der Waals surface area (Å²) in [6.45, 7) is 0. The van der Waals surface area contributed by atoms with Gasteiger partial charge in [-0.15, -0.1) is 11.8 Å². The Bertz CT molecular complexity index is 646. The Labute approximate surface area is 116 Å². The van der Waals surface area contributed by atoms with Crippen LogP contribution >= 0.6 is 11.8 Å². The van der Waals surface area contributed by atoms with Gasteiger partial charge < -0.3 is 4.98 Å². The molecular weight excluding hydrogens is 256 g/mol. The second kappa shape index (κ2) is 5.21. The summed E-state index contributed by atoms with van der Waals surface area (Å²) >= 11 is 1.71. The molecule has 0 saturated heterocycles. The third kappa shape index (κ3) is 2.45. The Kier molecular flexibility index (Phi) is 3.42. The summed E-state index contributed by atoms with van der Waals surface area (Å²) in [6, 6.07) is 8.14. The van der Waals surface area contributed by atoms with Gasteiger partial charge in [-0.05, 0) is 44.1 Å². The number of H-pyrrole nitrogens is 1. The lowest BCUT2D eigenvalue weighted by atomic mass is 9.97. The highest BCUT2D eigenvalue weighted by Gasteiger charge is 2.15. The molecule has 0 aliphatic heterocycles. The molecule has 3 rings (SSSR count). The maximum atomic E-state index is 12.1. The van der Waals surface area contributed by atoms with E-state index in [0.29, 0.717) is 5.82 Å². The predicted molar refractivity (Wildman–Crippen MR) is 78.7 cm³/mol. The lowest BCUT2D eigenvalue weighted by molar-refractivity contribution is 0.657. The monoisotopic (exact) mass is 272 g/mol. The SMILES string of the molecule is CSc1ccc(-c2nc3c(c(=O)[nH]2)CCCC3)cc1. The molecule has 0 radical (unpaired) electrons. The van der Waals surface area contributed by atoms with Gasteiger partial charge in [0, 0.05) is 16.0 Å². The molecule has 4 heteroatoms. The summed E-state index contributed by atoms with van der Waals surface area (Å²) in [5.41, 5.74) is 2.88. The summed E-state index contributed by atoms with van der Waals surface area (Å²) in [6.07, 6.45) is 6.07. The quantitative estimate of drug-likeness (QED) is 0.855. The third-order valence-electron chi connectivity index (χ3n) is 3.55. The number of aromatic nitrogens is 2. The van der Waals surface area contributed by atoms with E-state index in [1.807, 2.05) is 18.4 Å². The normalized spacial score (nSPS) is 14.2. The average Bonchev–Trinajstić information content (AvgIpc) is 2.47. The molecule has 0 atom stereocenters. The number of fused-ring (bicyclic) bond motifs is 1. The molecule has 1 N–H and O–H groups in total. The first-order chi connectivity index (χ1) is 9.28. The van der Waals surface area contributed by atoms with E-state index in [0.717, 1.165) is 42.5 Å². The van der Waals surface area contributed by atoms with E-state index in [1.54, 1.807) is 11.8 Å². The fourth-order valence-electron chi connectivity index (χ4n) is 2.49. The van der Waals surface area contributed by atoms with Crippen LogP contribution in [0.5, 0.6) is 0 Å². The van der Waals surface area contributed by atoms with Crippen molar-refractivity contribution in [3.8, 4) is 11.4 Å². The molecule has 2 aromatic rings. The van der Waals surface area contributed by atoms with Crippen LogP contribution in [0.2, 0.25) is 0 Å². The first kappa shape index (κ1) is 12.5. The minimum Gasteiger partial charge on any atom is -0.306 e.